The number of nitro groups is 1. The molecule has 2 heterocycles. The van der Waals surface area contributed by atoms with Gasteiger partial charge >= 0.3 is 6.18 Å². The average Bonchev–Trinajstić information content (AvgIpc) is 3.15. The number of nitrogens with zero attached hydrogens (tertiary/aromatic N) is 2. The summed E-state index contributed by atoms with van der Waals surface area (Å²) < 4.78 is 51.6. The van der Waals surface area contributed by atoms with Gasteiger partial charge in [-0.2, -0.15) is 13.2 Å². The molecule has 9 heteroatoms. The van der Waals surface area contributed by atoms with Crippen LogP contribution in [0.15, 0.2) is 36.0 Å². The Morgan fingerprint density at radius 3 is 2.57 bits per heavy atom. The monoisotopic (exact) mass is 398 g/mol. The highest BCUT2D eigenvalue weighted by atomic mass is 19.4. The van der Waals surface area contributed by atoms with Crippen LogP contribution >= 0.6 is 0 Å². The van der Waals surface area contributed by atoms with Crippen molar-refractivity contribution < 1.29 is 27.6 Å². The number of para-hydroxylation sites is 1. The maximum absolute atomic E-state index is 13.7. The molecule has 1 saturated heterocycles. The number of halogens is 3. The molecule has 152 valence electrons. The predicted octanol–water partition coefficient (Wildman–Crippen LogP) is 3.36. The van der Waals surface area contributed by atoms with Crippen molar-refractivity contribution in [3.63, 3.8) is 0 Å². The molecule has 3 aliphatic rings. The molecule has 0 bridgehead atoms. The zero-order valence-corrected chi connectivity index (χ0v) is 15.1. The number of ether oxygens (including phenoxy) is 2. The van der Waals surface area contributed by atoms with Gasteiger partial charge < -0.3 is 14.4 Å². The smallest absolute Gasteiger partial charge is 0.432 e. The summed E-state index contributed by atoms with van der Waals surface area (Å²) >= 11 is 0. The van der Waals surface area contributed by atoms with Crippen LogP contribution in [0.3, 0.4) is 0 Å². The van der Waals surface area contributed by atoms with Crippen molar-refractivity contribution >= 4 is 0 Å². The van der Waals surface area contributed by atoms with Crippen molar-refractivity contribution in [3.8, 4) is 5.75 Å². The summed E-state index contributed by atoms with van der Waals surface area (Å²) in [5, 5.41) is 11.8. The van der Waals surface area contributed by atoms with Gasteiger partial charge in [-0.15, -0.1) is 0 Å². The molecule has 4 atom stereocenters. The molecule has 1 fully saturated rings. The van der Waals surface area contributed by atoms with Gasteiger partial charge in [0.05, 0.1) is 19.1 Å². The summed E-state index contributed by atoms with van der Waals surface area (Å²) in [6.07, 6.45) is -4.01. The summed E-state index contributed by atoms with van der Waals surface area (Å²) in [6.45, 7) is 2.36. The van der Waals surface area contributed by atoms with Crippen molar-refractivity contribution in [2.24, 2.45) is 5.92 Å². The van der Waals surface area contributed by atoms with Crippen LogP contribution in [0.25, 0.3) is 0 Å². The number of morpholine rings is 1. The lowest BCUT2D eigenvalue weighted by atomic mass is 9.75. The third-order valence-corrected chi connectivity index (χ3v) is 5.80. The van der Waals surface area contributed by atoms with Crippen molar-refractivity contribution in [1.82, 2.24) is 4.90 Å². The Morgan fingerprint density at radius 2 is 1.89 bits per heavy atom. The van der Waals surface area contributed by atoms with Crippen LogP contribution in [-0.2, 0) is 4.74 Å². The quantitative estimate of drug-likeness (QED) is 0.577. The van der Waals surface area contributed by atoms with Gasteiger partial charge in [0.25, 0.3) is 12.1 Å². The van der Waals surface area contributed by atoms with Gasteiger partial charge in [-0.3, -0.25) is 10.1 Å². The molecule has 0 saturated carbocycles. The largest absolute Gasteiger partial charge is 0.473 e. The molecule has 0 spiro atoms. The second kappa shape index (κ2) is 7.27. The molecule has 4 rings (SSSR count). The minimum atomic E-state index is -4.83. The predicted molar refractivity (Wildman–Crippen MR) is 93.6 cm³/mol. The van der Waals surface area contributed by atoms with Gasteiger partial charge in [0, 0.05) is 35.2 Å². The molecule has 28 heavy (non-hydrogen) atoms. The Morgan fingerprint density at radius 1 is 1.18 bits per heavy atom. The normalized spacial score (nSPS) is 30.4. The van der Waals surface area contributed by atoms with E-state index in [4.69, 9.17) is 9.47 Å². The molecular formula is C19H21F3N2O4. The first kappa shape index (κ1) is 19.0. The second-order valence-corrected chi connectivity index (χ2v) is 7.33. The Balaban J connectivity index is 1.77. The minimum absolute atomic E-state index is 0.0844. The van der Waals surface area contributed by atoms with Crippen LogP contribution in [0.1, 0.15) is 24.3 Å². The summed E-state index contributed by atoms with van der Waals surface area (Å²) in [5.74, 6) is -1.17. The van der Waals surface area contributed by atoms with E-state index in [1.807, 2.05) is 6.08 Å². The number of alkyl halides is 3. The zero-order chi connectivity index (χ0) is 19.9. The maximum Gasteiger partial charge on any atom is 0.432 e. The van der Waals surface area contributed by atoms with Crippen molar-refractivity contribution in [1.29, 1.82) is 0 Å². The van der Waals surface area contributed by atoms with Gasteiger partial charge in [-0.05, 0) is 18.9 Å². The third-order valence-electron chi connectivity index (χ3n) is 5.80. The Hall–Kier alpha value is -2.29. The fourth-order valence-corrected chi connectivity index (χ4v) is 4.66. The van der Waals surface area contributed by atoms with E-state index in [-0.39, 0.29) is 11.7 Å². The lowest BCUT2D eigenvalue weighted by molar-refractivity contribution is -0.550. The van der Waals surface area contributed by atoms with E-state index in [1.54, 1.807) is 18.2 Å². The van der Waals surface area contributed by atoms with E-state index in [2.05, 4.69) is 4.90 Å². The average molecular weight is 398 g/mol. The first-order valence-electron chi connectivity index (χ1n) is 9.36. The van der Waals surface area contributed by atoms with Gasteiger partial charge in [-0.25, -0.2) is 0 Å². The van der Waals surface area contributed by atoms with Gasteiger partial charge in [0.1, 0.15) is 5.75 Å². The van der Waals surface area contributed by atoms with E-state index < -0.39 is 29.2 Å². The molecule has 1 aliphatic carbocycles. The first-order chi connectivity index (χ1) is 13.4. The van der Waals surface area contributed by atoms with E-state index in [1.165, 1.54) is 6.07 Å². The Bertz CT molecular complexity index is 777. The SMILES string of the molecule is O=[N+]([O-])[C@@H]1[C@@H]([C@@H]2CCC=C2N2CCOCC2)c2ccccc2O[C@H]1C(F)(F)F. The van der Waals surface area contributed by atoms with Crippen LogP contribution in [0, 0.1) is 16.0 Å². The fraction of sp³-hybridized carbons (Fsp3) is 0.579. The van der Waals surface area contributed by atoms with Crippen LogP contribution in [-0.4, -0.2) is 54.4 Å². The van der Waals surface area contributed by atoms with Crippen LogP contribution in [0.5, 0.6) is 5.75 Å². The van der Waals surface area contributed by atoms with Crippen molar-refractivity contribution in [3.05, 3.63) is 51.7 Å². The molecule has 0 aromatic heterocycles. The molecular weight excluding hydrogens is 377 g/mol. The summed E-state index contributed by atoms with van der Waals surface area (Å²) in [5.41, 5.74) is 1.38. The zero-order valence-electron chi connectivity index (χ0n) is 15.1. The summed E-state index contributed by atoms with van der Waals surface area (Å²) in [6, 6.07) is 4.50. The Kier molecular flexibility index (Phi) is 4.95. The molecule has 2 aliphatic heterocycles. The van der Waals surface area contributed by atoms with Crippen LogP contribution in [0.2, 0.25) is 0 Å². The fourth-order valence-electron chi connectivity index (χ4n) is 4.66. The topological polar surface area (TPSA) is 64.8 Å². The van der Waals surface area contributed by atoms with Gasteiger partial charge in [0.2, 0.25) is 0 Å². The molecule has 6 nitrogen and oxygen atoms in total. The lowest BCUT2D eigenvalue weighted by Gasteiger charge is -2.41. The number of hydrogen-bond donors (Lipinski definition) is 0. The first-order valence-corrected chi connectivity index (χ1v) is 9.36. The summed E-state index contributed by atoms with van der Waals surface area (Å²) in [4.78, 5) is 13.1. The number of rotatable bonds is 3. The minimum Gasteiger partial charge on any atom is -0.473 e. The van der Waals surface area contributed by atoms with E-state index >= 15 is 0 Å². The molecule has 1 aromatic rings. The molecule has 0 radical (unpaired) electrons. The van der Waals surface area contributed by atoms with E-state index in [0.717, 1.165) is 5.70 Å². The van der Waals surface area contributed by atoms with E-state index in [0.29, 0.717) is 44.7 Å². The van der Waals surface area contributed by atoms with Gasteiger partial charge in [0.15, 0.2) is 0 Å². The number of hydrogen-bond acceptors (Lipinski definition) is 5. The maximum atomic E-state index is 13.7. The van der Waals surface area contributed by atoms with Crippen molar-refractivity contribution in [2.45, 2.75) is 37.1 Å². The molecule has 0 amide bonds. The Labute approximate surface area is 160 Å². The number of allylic oxidation sites excluding steroid dienone is 2. The van der Waals surface area contributed by atoms with E-state index in [9.17, 15) is 23.3 Å². The van der Waals surface area contributed by atoms with Crippen LogP contribution in [0.4, 0.5) is 13.2 Å². The standard InChI is InChI=1S/C19H21F3N2O4/c20-19(21,22)18-17(24(25)26)16(13-4-1-2-7-15(13)28-18)12-5-3-6-14(12)23-8-10-27-11-9-23/h1-2,4,6-7,12,16-18H,3,5,8-11H2/t12-,16+,17-,18-/m1/s1. The van der Waals surface area contributed by atoms with Crippen molar-refractivity contribution in [2.75, 3.05) is 26.3 Å². The molecule has 1 aromatic carbocycles. The highest BCUT2D eigenvalue weighted by molar-refractivity contribution is 5.42. The third kappa shape index (κ3) is 3.32. The lowest BCUT2D eigenvalue weighted by Crippen LogP contribution is -2.55. The van der Waals surface area contributed by atoms with Crippen LogP contribution < -0.4 is 4.74 Å². The number of fused-ring (bicyclic) bond motifs is 1. The van der Waals surface area contributed by atoms with Gasteiger partial charge in [-0.1, -0.05) is 24.3 Å². The highest BCUT2D eigenvalue weighted by Gasteiger charge is 2.61. The molecule has 0 N–H and O–H groups in total. The number of benzene rings is 1. The second-order valence-electron chi connectivity index (χ2n) is 7.33. The highest BCUT2D eigenvalue weighted by Crippen LogP contribution is 2.50. The summed E-state index contributed by atoms with van der Waals surface area (Å²) in [7, 11) is 0. The molecule has 0 unspecified atom stereocenters.